The molecule has 5 nitrogen and oxygen atoms in total. The van der Waals surface area contributed by atoms with E-state index in [1.54, 1.807) is 5.01 Å². The van der Waals surface area contributed by atoms with Gasteiger partial charge in [0.2, 0.25) is 0 Å². The van der Waals surface area contributed by atoms with Crippen LogP contribution in [0.15, 0.2) is 5.10 Å². The molecule has 0 bridgehead atoms. The van der Waals surface area contributed by atoms with Gasteiger partial charge in [-0.15, -0.1) is 0 Å². The van der Waals surface area contributed by atoms with Crippen molar-refractivity contribution in [1.29, 1.82) is 0 Å². The number of carbonyl (C=O) groups excluding carboxylic acids is 1. The SMILES string of the molecule is CC[C@@H](C)N1C=NN(C[NH+](CC)CC)C(=O)[C@@H]1C. The molecule has 1 aliphatic rings. The molecule has 0 fully saturated rings. The van der Waals surface area contributed by atoms with Crippen molar-refractivity contribution in [3.8, 4) is 0 Å². The lowest BCUT2D eigenvalue weighted by molar-refractivity contribution is -0.905. The Bertz CT molecular complexity index is 301. The van der Waals surface area contributed by atoms with Crippen LogP contribution in [0.4, 0.5) is 0 Å². The molecular weight excluding hydrogens is 228 g/mol. The van der Waals surface area contributed by atoms with Crippen molar-refractivity contribution in [1.82, 2.24) is 9.91 Å². The van der Waals surface area contributed by atoms with Crippen LogP contribution in [0.2, 0.25) is 0 Å². The molecule has 1 N–H and O–H groups in total. The topological polar surface area (TPSA) is 40.4 Å². The molecule has 0 unspecified atom stereocenters. The summed E-state index contributed by atoms with van der Waals surface area (Å²) in [5, 5.41) is 5.93. The van der Waals surface area contributed by atoms with Gasteiger partial charge in [0.25, 0.3) is 5.91 Å². The summed E-state index contributed by atoms with van der Waals surface area (Å²) in [7, 11) is 0. The van der Waals surface area contributed by atoms with E-state index in [1.807, 2.05) is 13.3 Å². The van der Waals surface area contributed by atoms with Crippen molar-refractivity contribution >= 4 is 12.2 Å². The maximum absolute atomic E-state index is 12.3. The summed E-state index contributed by atoms with van der Waals surface area (Å²) in [6.07, 6.45) is 2.84. The van der Waals surface area contributed by atoms with Gasteiger partial charge < -0.3 is 9.80 Å². The van der Waals surface area contributed by atoms with Crippen molar-refractivity contribution in [3.63, 3.8) is 0 Å². The molecule has 2 atom stereocenters. The summed E-state index contributed by atoms with van der Waals surface area (Å²) in [4.78, 5) is 15.7. The van der Waals surface area contributed by atoms with Crippen LogP contribution in [0, 0.1) is 0 Å². The van der Waals surface area contributed by atoms with Crippen molar-refractivity contribution < 1.29 is 9.69 Å². The second kappa shape index (κ2) is 6.73. The Kier molecular flexibility index (Phi) is 5.59. The highest BCUT2D eigenvalue weighted by Crippen LogP contribution is 2.13. The third-order valence-electron chi connectivity index (χ3n) is 3.86. The zero-order valence-electron chi connectivity index (χ0n) is 12.3. The molecule has 1 aliphatic heterocycles. The zero-order valence-corrected chi connectivity index (χ0v) is 12.3. The van der Waals surface area contributed by atoms with E-state index in [-0.39, 0.29) is 11.9 Å². The number of rotatable bonds is 6. The molecule has 1 rings (SSSR count). The average Bonchev–Trinajstić information content (AvgIpc) is 2.39. The summed E-state index contributed by atoms with van der Waals surface area (Å²) in [6.45, 7) is 13.2. The van der Waals surface area contributed by atoms with Gasteiger partial charge in [-0.25, -0.2) is 0 Å². The second-order valence-corrected chi connectivity index (χ2v) is 4.96. The van der Waals surface area contributed by atoms with Crippen molar-refractivity contribution in [2.24, 2.45) is 5.10 Å². The van der Waals surface area contributed by atoms with Crippen LogP contribution in [-0.2, 0) is 4.79 Å². The minimum absolute atomic E-state index is 0.104. The van der Waals surface area contributed by atoms with Gasteiger partial charge in [-0.3, -0.25) is 4.79 Å². The first-order chi connectivity index (χ1) is 8.54. The minimum atomic E-state index is -0.104. The normalized spacial score (nSPS) is 21.9. The third kappa shape index (κ3) is 3.22. The molecule has 0 radical (unpaired) electrons. The Balaban J connectivity index is 2.72. The molecule has 1 heterocycles. The van der Waals surface area contributed by atoms with E-state index in [0.717, 1.165) is 19.5 Å². The number of carbonyl (C=O) groups is 1. The fourth-order valence-corrected chi connectivity index (χ4v) is 2.13. The quantitative estimate of drug-likeness (QED) is 0.733. The van der Waals surface area contributed by atoms with Gasteiger partial charge in [-0.1, -0.05) is 6.92 Å². The zero-order chi connectivity index (χ0) is 13.7. The first-order valence-corrected chi connectivity index (χ1v) is 7.01. The number of hydrazone groups is 1. The molecule has 0 aromatic heterocycles. The first-order valence-electron chi connectivity index (χ1n) is 7.01. The summed E-state index contributed by atoms with van der Waals surface area (Å²) < 4.78 is 0. The Labute approximate surface area is 110 Å². The number of hydrogen-bond acceptors (Lipinski definition) is 3. The number of quaternary nitrogens is 1. The van der Waals surface area contributed by atoms with Crippen LogP contribution < -0.4 is 4.90 Å². The molecule has 1 amide bonds. The summed E-state index contributed by atoms with van der Waals surface area (Å²) >= 11 is 0. The van der Waals surface area contributed by atoms with Crippen LogP contribution in [0.5, 0.6) is 0 Å². The summed E-state index contributed by atoms with van der Waals surface area (Å²) in [6, 6.07) is 0.253. The molecule has 0 aromatic carbocycles. The fourth-order valence-electron chi connectivity index (χ4n) is 2.13. The van der Waals surface area contributed by atoms with Gasteiger partial charge in [-0.05, 0) is 34.1 Å². The van der Waals surface area contributed by atoms with Gasteiger partial charge in [0.05, 0.1) is 13.1 Å². The Morgan fingerprint density at radius 3 is 2.50 bits per heavy atom. The van der Waals surface area contributed by atoms with Crippen molar-refractivity contribution in [3.05, 3.63) is 0 Å². The maximum Gasteiger partial charge on any atom is 0.269 e. The smallest absolute Gasteiger partial charge is 0.269 e. The second-order valence-electron chi connectivity index (χ2n) is 4.96. The summed E-state index contributed by atoms with van der Waals surface area (Å²) in [5.74, 6) is 0.109. The van der Waals surface area contributed by atoms with E-state index < -0.39 is 0 Å². The number of amides is 1. The highest BCUT2D eigenvalue weighted by molar-refractivity contribution is 5.86. The van der Waals surface area contributed by atoms with E-state index in [1.165, 1.54) is 4.90 Å². The average molecular weight is 255 g/mol. The standard InChI is InChI=1S/C13H26N4O/c1-6-11(4)16-9-14-17(13(18)12(16)5)10-15(7-2)8-3/h9,11-12H,6-8,10H2,1-5H3/p+1/t11-,12+/m1/s1. The fraction of sp³-hybridized carbons (Fsp3) is 0.846. The predicted molar refractivity (Wildman–Crippen MR) is 73.3 cm³/mol. The lowest BCUT2D eigenvalue weighted by atomic mass is 10.1. The highest BCUT2D eigenvalue weighted by Gasteiger charge is 2.32. The van der Waals surface area contributed by atoms with Crippen LogP contribution >= 0.6 is 0 Å². The summed E-state index contributed by atoms with van der Waals surface area (Å²) in [5.41, 5.74) is 0. The molecule has 0 aromatic rings. The van der Waals surface area contributed by atoms with Crippen LogP contribution in [-0.4, -0.2) is 54.0 Å². The lowest BCUT2D eigenvalue weighted by Crippen LogP contribution is -3.13. The molecular formula is C13H27N4O+. The molecule has 18 heavy (non-hydrogen) atoms. The van der Waals surface area contributed by atoms with Gasteiger partial charge >= 0.3 is 0 Å². The van der Waals surface area contributed by atoms with E-state index in [4.69, 9.17) is 0 Å². The number of nitrogens with one attached hydrogen (secondary N) is 1. The highest BCUT2D eigenvalue weighted by atomic mass is 16.2. The van der Waals surface area contributed by atoms with E-state index >= 15 is 0 Å². The van der Waals surface area contributed by atoms with Crippen LogP contribution in [0.1, 0.15) is 41.0 Å². The molecule has 0 spiro atoms. The van der Waals surface area contributed by atoms with Crippen LogP contribution in [0.25, 0.3) is 0 Å². The largest absolute Gasteiger partial charge is 0.347 e. The van der Waals surface area contributed by atoms with Crippen molar-refractivity contribution in [2.75, 3.05) is 19.8 Å². The van der Waals surface area contributed by atoms with E-state index in [9.17, 15) is 4.79 Å². The Morgan fingerprint density at radius 1 is 1.39 bits per heavy atom. The molecule has 5 heteroatoms. The Hall–Kier alpha value is -1.10. The third-order valence-corrected chi connectivity index (χ3v) is 3.86. The number of hydrogen-bond donors (Lipinski definition) is 1. The lowest BCUT2D eigenvalue weighted by Gasteiger charge is -2.37. The van der Waals surface area contributed by atoms with Gasteiger partial charge in [0.15, 0.2) is 6.67 Å². The predicted octanol–water partition coefficient (Wildman–Crippen LogP) is 0.143. The van der Waals surface area contributed by atoms with Crippen LogP contribution in [0.3, 0.4) is 0 Å². The monoisotopic (exact) mass is 255 g/mol. The first kappa shape index (κ1) is 15.0. The molecule has 0 saturated heterocycles. The Morgan fingerprint density at radius 2 is 2.00 bits per heavy atom. The van der Waals surface area contributed by atoms with Gasteiger partial charge in [0.1, 0.15) is 12.4 Å². The number of nitrogens with zero attached hydrogens (tertiary/aromatic N) is 3. The molecule has 104 valence electrons. The maximum atomic E-state index is 12.3. The minimum Gasteiger partial charge on any atom is -0.347 e. The van der Waals surface area contributed by atoms with Gasteiger partial charge in [-0.2, -0.15) is 10.1 Å². The van der Waals surface area contributed by atoms with Crippen molar-refractivity contribution in [2.45, 2.75) is 53.1 Å². The van der Waals surface area contributed by atoms with Gasteiger partial charge in [0, 0.05) is 6.04 Å². The van der Waals surface area contributed by atoms with E-state index in [0.29, 0.717) is 12.7 Å². The molecule has 0 saturated carbocycles. The molecule has 0 aliphatic carbocycles. The van der Waals surface area contributed by atoms with E-state index in [2.05, 4.69) is 37.7 Å².